The molecule has 1 N–H and O–H groups in total. The minimum absolute atomic E-state index is 0.138. The maximum atomic E-state index is 11.7. The van der Waals surface area contributed by atoms with Gasteiger partial charge in [0.05, 0.1) is 4.34 Å². The van der Waals surface area contributed by atoms with E-state index in [2.05, 4.69) is 5.32 Å². The zero-order chi connectivity index (χ0) is 14.4. The van der Waals surface area contributed by atoms with Crippen LogP contribution in [0.3, 0.4) is 0 Å². The van der Waals surface area contributed by atoms with Crippen molar-refractivity contribution in [3.8, 4) is 0 Å². The molecule has 106 valence electrons. The fourth-order valence-electron chi connectivity index (χ4n) is 1.60. The first kappa shape index (κ1) is 15.3. The predicted molar refractivity (Wildman–Crippen MR) is 85.4 cm³/mol. The van der Waals surface area contributed by atoms with Crippen LogP contribution in [-0.2, 0) is 9.53 Å². The van der Waals surface area contributed by atoms with Gasteiger partial charge in [-0.1, -0.05) is 11.6 Å². The van der Waals surface area contributed by atoms with Crippen LogP contribution in [-0.4, -0.2) is 19.6 Å². The zero-order valence-corrected chi connectivity index (χ0v) is 13.2. The number of rotatable bonds is 6. The van der Waals surface area contributed by atoms with Crippen LogP contribution in [0.4, 0.5) is 0 Å². The summed E-state index contributed by atoms with van der Waals surface area (Å²) in [5.74, 6) is -0.138. The maximum absolute atomic E-state index is 11.7. The van der Waals surface area contributed by atoms with Crippen LogP contribution in [0, 0.1) is 0 Å². The molecule has 0 bridgehead atoms. The molecule has 0 spiro atoms. The lowest BCUT2D eigenvalue weighted by Crippen LogP contribution is -2.27. The number of amides is 1. The van der Waals surface area contributed by atoms with Gasteiger partial charge in [-0.05, 0) is 40.6 Å². The molecule has 0 fully saturated rings. The molecular weight excluding hydrogens is 314 g/mol. The summed E-state index contributed by atoms with van der Waals surface area (Å²) in [6.45, 7) is 0.417. The van der Waals surface area contributed by atoms with Crippen LogP contribution in [0.1, 0.15) is 16.5 Å². The summed E-state index contributed by atoms with van der Waals surface area (Å²) in [4.78, 5) is 12.7. The smallest absolute Gasteiger partial charge is 0.244 e. The molecule has 0 aromatic carbocycles. The number of hydrogen-bond acceptors (Lipinski definition) is 4. The molecule has 2 rings (SSSR count). The predicted octanol–water partition coefficient (Wildman–Crippen LogP) is 3.98. The highest BCUT2D eigenvalue weighted by molar-refractivity contribution is 7.16. The van der Waals surface area contributed by atoms with Crippen LogP contribution in [0.15, 0.2) is 35.0 Å². The fraction of sp³-hybridized carbons (Fsp3) is 0.214. The summed E-state index contributed by atoms with van der Waals surface area (Å²) in [5.41, 5.74) is 1.03. The van der Waals surface area contributed by atoms with Gasteiger partial charge < -0.3 is 10.1 Å². The third-order valence-corrected chi connectivity index (χ3v) is 4.65. The van der Waals surface area contributed by atoms with Crippen molar-refractivity contribution < 1.29 is 9.53 Å². The Labute approximate surface area is 130 Å². The highest BCUT2D eigenvalue weighted by Gasteiger charge is 2.13. The van der Waals surface area contributed by atoms with E-state index in [1.54, 1.807) is 24.5 Å². The molecule has 2 aromatic heterocycles. The van der Waals surface area contributed by atoms with Crippen molar-refractivity contribution in [1.82, 2.24) is 5.32 Å². The number of carbonyl (C=O) groups is 1. The first-order chi connectivity index (χ1) is 9.69. The van der Waals surface area contributed by atoms with Crippen molar-refractivity contribution >= 4 is 46.3 Å². The van der Waals surface area contributed by atoms with E-state index < -0.39 is 0 Å². The minimum Gasteiger partial charge on any atom is -0.374 e. The molecule has 0 saturated heterocycles. The normalized spacial score (nSPS) is 12.7. The largest absolute Gasteiger partial charge is 0.374 e. The van der Waals surface area contributed by atoms with E-state index in [0.29, 0.717) is 10.9 Å². The summed E-state index contributed by atoms with van der Waals surface area (Å²) in [6.07, 6.45) is 3.14. The summed E-state index contributed by atoms with van der Waals surface area (Å²) in [7, 11) is 1.62. The Morgan fingerprint density at radius 2 is 2.35 bits per heavy atom. The van der Waals surface area contributed by atoms with Gasteiger partial charge in [0.2, 0.25) is 5.91 Å². The van der Waals surface area contributed by atoms with E-state index in [-0.39, 0.29) is 12.0 Å². The quantitative estimate of drug-likeness (QED) is 0.815. The van der Waals surface area contributed by atoms with Gasteiger partial charge in [0.15, 0.2) is 0 Å². The highest BCUT2D eigenvalue weighted by Crippen LogP contribution is 2.28. The lowest BCUT2D eigenvalue weighted by atomic mass is 10.2. The summed E-state index contributed by atoms with van der Waals surface area (Å²) >= 11 is 8.95. The zero-order valence-electron chi connectivity index (χ0n) is 10.8. The molecule has 0 saturated carbocycles. The molecule has 3 nitrogen and oxygen atoms in total. The first-order valence-corrected chi connectivity index (χ1v) is 8.09. The lowest BCUT2D eigenvalue weighted by Gasteiger charge is -2.13. The SMILES string of the molecule is COC(CNC(=O)C=Cc1ccsc1)c1ccc(Cl)s1. The monoisotopic (exact) mass is 327 g/mol. The number of thiophene rings is 2. The van der Waals surface area contributed by atoms with Crippen molar-refractivity contribution in [1.29, 1.82) is 0 Å². The van der Waals surface area contributed by atoms with E-state index in [1.807, 2.05) is 29.0 Å². The molecule has 0 aliphatic rings. The second kappa shape index (κ2) is 7.59. The van der Waals surface area contributed by atoms with Gasteiger partial charge in [-0.15, -0.1) is 11.3 Å². The van der Waals surface area contributed by atoms with Crippen molar-refractivity contribution in [2.45, 2.75) is 6.10 Å². The van der Waals surface area contributed by atoms with Gasteiger partial charge in [-0.25, -0.2) is 0 Å². The molecule has 6 heteroatoms. The number of hydrogen-bond donors (Lipinski definition) is 1. The maximum Gasteiger partial charge on any atom is 0.244 e. The number of methoxy groups -OCH3 is 1. The minimum atomic E-state index is -0.175. The van der Waals surface area contributed by atoms with Crippen LogP contribution in [0.5, 0.6) is 0 Å². The molecule has 2 heterocycles. The second-order valence-electron chi connectivity index (χ2n) is 4.00. The van der Waals surface area contributed by atoms with Crippen molar-refractivity contribution in [3.63, 3.8) is 0 Å². The van der Waals surface area contributed by atoms with Crippen molar-refractivity contribution in [2.24, 2.45) is 0 Å². The van der Waals surface area contributed by atoms with Gasteiger partial charge in [-0.3, -0.25) is 4.79 Å². The molecule has 0 radical (unpaired) electrons. The Morgan fingerprint density at radius 1 is 1.50 bits per heavy atom. The summed E-state index contributed by atoms with van der Waals surface area (Å²) in [6, 6.07) is 5.69. The van der Waals surface area contributed by atoms with Crippen molar-refractivity contribution in [2.75, 3.05) is 13.7 Å². The molecule has 2 aromatic rings. The van der Waals surface area contributed by atoms with Gasteiger partial charge in [0, 0.05) is 24.6 Å². The topological polar surface area (TPSA) is 38.3 Å². The molecule has 0 aliphatic carbocycles. The van der Waals surface area contributed by atoms with Crippen LogP contribution in [0.25, 0.3) is 6.08 Å². The van der Waals surface area contributed by atoms with Crippen LogP contribution < -0.4 is 5.32 Å². The Balaban J connectivity index is 1.85. The van der Waals surface area contributed by atoms with E-state index in [9.17, 15) is 4.79 Å². The molecular formula is C14H14ClNO2S2. The lowest BCUT2D eigenvalue weighted by molar-refractivity contribution is -0.117. The number of nitrogens with one attached hydrogen (secondary N) is 1. The highest BCUT2D eigenvalue weighted by atomic mass is 35.5. The van der Waals surface area contributed by atoms with Gasteiger partial charge >= 0.3 is 0 Å². The van der Waals surface area contributed by atoms with Crippen LogP contribution >= 0.6 is 34.3 Å². The number of carbonyl (C=O) groups excluding carboxylic acids is 1. The van der Waals surface area contributed by atoms with Gasteiger partial charge in [-0.2, -0.15) is 11.3 Å². The summed E-state index contributed by atoms with van der Waals surface area (Å²) < 4.78 is 6.08. The summed E-state index contributed by atoms with van der Waals surface area (Å²) in [5, 5.41) is 6.77. The Bertz CT molecular complexity index is 578. The second-order valence-corrected chi connectivity index (χ2v) is 6.53. The number of ether oxygens (including phenoxy) is 1. The average molecular weight is 328 g/mol. The fourth-order valence-corrected chi connectivity index (χ4v) is 3.36. The molecule has 1 atom stereocenters. The van der Waals surface area contributed by atoms with Gasteiger partial charge in [0.25, 0.3) is 0 Å². The third-order valence-electron chi connectivity index (χ3n) is 2.63. The number of halogens is 1. The third kappa shape index (κ3) is 4.45. The van der Waals surface area contributed by atoms with E-state index in [4.69, 9.17) is 16.3 Å². The van der Waals surface area contributed by atoms with Crippen molar-refractivity contribution in [3.05, 3.63) is 49.8 Å². The van der Waals surface area contributed by atoms with E-state index in [1.165, 1.54) is 17.4 Å². The van der Waals surface area contributed by atoms with E-state index in [0.717, 1.165) is 10.4 Å². The first-order valence-electron chi connectivity index (χ1n) is 5.95. The Hall–Kier alpha value is -1.14. The molecule has 1 unspecified atom stereocenters. The standard InChI is InChI=1S/C14H14ClNO2S2/c1-18-11(12-3-4-13(15)20-12)8-16-14(17)5-2-10-6-7-19-9-10/h2-7,9,11H,8H2,1H3,(H,16,17). The van der Waals surface area contributed by atoms with E-state index >= 15 is 0 Å². The molecule has 20 heavy (non-hydrogen) atoms. The average Bonchev–Trinajstić information content (AvgIpc) is 3.09. The Kier molecular flexibility index (Phi) is 5.79. The van der Waals surface area contributed by atoms with Gasteiger partial charge in [0.1, 0.15) is 6.10 Å². The molecule has 0 aliphatic heterocycles. The Morgan fingerprint density at radius 3 is 2.95 bits per heavy atom. The van der Waals surface area contributed by atoms with Crippen LogP contribution in [0.2, 0.25) is 4.34 Å². The molecule has 1 amide bonds.